The summed E-state index contributed by atoms with van der Waals surface area (Å²) in [6.07, 6.45) is 33.8. The van der Waals surface area contributed by atoms with Gasteiger partial charge in [0.1, 0.15) is 32.7 Å². The van der Waals surface area contributed by atoms with Crippen LogP contribution in [0.1, 0.15) is 113 Å². The first-order valence-corrected chi connectivity index (χ1v) is 33.3. The molecule has 0 saturated heterocycles. The van der Waals surface area contributed by atoms with Crippen LogP contribution in [0.2, 0.25) is 39.3 Å². The Hall–Kier alpha value is -0.789. The first-order chi connectivity index (χ1) is 34.6. The molecule has 0 aliphatic heterocycles. The summed E-state index contributed by atoms with van der Waals surface area (Å²) in [6.45, 7) is 35.7. The van der Waals surface area contributed by atoms with Gasteiger partial charge in [-0.15, -0.1) is 0 Å². The average Bonchev–Trinajstić information content (AvgIpc) is 3.41. The zero-order valence-corrected chi connectivity index (χ0v) is 64.5. The Morgan fingerprint density at radius 3 is 0.622 bits per heavy atom. The van der Waals surface area contributed by atoms with Crippen molar-refractivity contribution in [1.29, 1.82) is 0 Å². The fourth-order valence-corrected chi connectivity index (χ4v) is 4.91. The minimum atomic E-state index is -2.11. The summed E-state index contributed by atoms with van der Waals surface area (Å²) in [4.78, 5) is 0. The van der Waals surface area contributed by atoms with Crippen LogP contribution in [0.4, 0.5) is 13.5 Å². The molecule has 0 radical (unpaired) electrons. The average molecular weight is 1300 g/mol. The van der Waals surface area contributed by atoms with Crippen molar-refractivity contribution in [3.8, 4) is 0 Å². The van der Waals surface area contributed by atoms with Gasteiger partial charge in [-0.3, -0.25) is 9.41 Å². The summed E-state index contributed by atoms with van der Waals surface area (Å²) in [5.41, 5.74) is 0. The largest absolute Gasteiger partial charge is 1.00 e. The molecule has 0 saturated carbocycles. The number of aryl methyl sites for hydroxylation is 5. The summed E-state index contributed by atoms with van der Waals surface area (Å²) in [5, 5.41) is 7.00. The van der Waals surface area contributed by atoms with Gasteiger partial charge in [-0.25, -0.2) is 22.8 Å². The molecule has 8 N–H and O–H groups in total. The minimum Gasteiger partial charge on any atom is -1.00 e. The number of aliphatic hydroxyl groups is 1. The molecule has 0 aliphatic rings. The van der Waals surface area contributed by atoms with Crippen molar-refractivity contribution in [2.45, 2.75) is 185 Å². The molecule has 0 spiro atoms. The van der Waals surface area contributed by atoms with E-state index in [0.717, 1.165) is 39.8 Å². The number of halogens is 6. The van der Waals surface area contributed by atoms with Gasteiger partial charge in [0.2, 0.25) is 8.41 Å². The molecule has 472 valence electrons. The molecule has 5 heterocycles. The molecule has 5 rings (SSSR count). The van der Waals surface area contributed by atoms with Crippen LogP contribution < -0.4 is 161 Å². The van der Waals surface area contributed by atoms with Gasteiger partial charge < -0.3 is 74.5 Å². The van der Waals surface area contributed by atoms with E-state index >= 15 is 0 Å². The molecule has 13 nitrogen and oxygen atoms in total. The molecule has 0 bridgehead atoms. The Bertz CT molecular complexity index is 1520. The number of aliphatic hydroxyl groups excluding tert-OH is 1. The van der Waals surface area contributed by atoms with Crippen LogP contribution in [0.15, 0.2) is 158 Å². The van der Waals surface area contributed by atoms with E-state index in [2.05, 4.69) is 225 Å². The van der Waals surface area contributed by atoms with Gasteiger partial charge >= 0.3 is 110 Å². The van der Waals surface area contributed by atoms with Gasteiger partial charge in [-0.1, -0.05) is 131 Å². The number of hydrogen-bond acceptors (Lipinski definition) is 6. The number of rotatable bonds is 19. The molecule has 0 aromatic carbocycles. The second-order valence-corrected chi connectivity index (χ2v) is 26.5. The van der Waals surface area contributed by atoms with Gasteiger partial charge in [0.25, 0.3) is 0 Å². The number of unbranched alkanes of at least 4 members (excludes halogenated alkanes) is 5. The molecule has 5 aromatic rings. The van der Waals surface area contributed by atoms with Crippen LogP contribution in [0.5, 0.6) is 0 Å². The van der Waals surface area contributed by atoms with E-state index in [-0.39, 0.29) is 159 Å². The molecule has 0 fully saturated rings. The normalized spacial score (nSPS) is 8.38. The number of pyridine rings is 5. The van der Waals surface area contributed by atoms with Gasteiger partial charge in [-0.2, -0.15) is 0 Å². The zero-order valence-electron chi connectivity index (χ0n) is 54.7. The molecule has 0 unspecified atom stereocenters. The molecule has 82 heavy (non-hydrogen) atoms. The number of nitrogens with zero attached hydrogens (tertiary/aromatic N) is 6. The van der Waals surface area contributed by atoms with Crippen LogP contribution in [0.3, 0.4) is 0 Å². The first kappa shape index (κ1) is 119. The SMILES string of the molecule is C=N[Si](C)(C)C.CC.CCCC[n+]1ccccc1.CCCC[n+]1ccccc1.CCCC[n+]1ccccc1.CCCC[n+]1ccccc1.CCCC[n+]1ccccc1.CO.COB(OC)OC.C[Si](C)(C)F.F.F.N.O.O.[Cl-].[Cl-].[F-].[K+].[K+]. The van der Waals surface area contributed by atoms with Crippen LogP contribution in [0.25, 0.3) is 0 Å². The van der Waals surface area contributed by atoms with E-state index < -0.39 is 24.0 Å². The maximum absolute atomic E-state index is 11.8. The second kappa shape index (κ2) is 93.9. The number of aromatic nitrogens is 5. The zero-order chi connectivity index (χ0) is 55.6. The van der Waals surface area contributed by atoms with Crippen molar-refractivity contribution in [3.05, 3.63) is 153 Å². The van der Waals surface area contributed by atoms with E-state index in [4.69, 9.17) is 5.11 Å². The third kappa shape index (κ3) is 104. The summed E-state index contributed by atoms with van der Waals surface area (Å²) in [6, 6.07) is 30.9. The van der Waals surface area contributed by atoms with Crippen LogP contribution in [-0.4, -0.2) is 75.2 Å². The smallest absolute Gasteiger partial charge is 1.00 e. The van der Waals surface area contributed by atoms with Gasteiger partial charge in [0.05, 0.1) is 0 Å². The Morgan fingerprint density at radius 1 is 0.427 bits per heavy atom. The molecular formula is C58H118BCl2F4K2N7O6Si2+4. The molecule has 5 aromatic heterocycles. The predicted octanol–water partition coefficient (Wildman–Crippen LogP) is -3.43. The summed E-state index contributed by atoms with van der Waals surface area (Å²) >= 11 is 0. The fourth-order valence-electron chi connectivity index (χ4n) is 4.91. The summed E-state index contributed by atoms with van der Waals surface area (Å²) < 4.78 is 40.6. The summed E-state index contributed by atoms with van der Waals surface area (Å²) in [7, 11) is 1.79. The van der Waals surface area contributed by atoms with Crippen LogP contribution >= 0.6 is 0 Å². The molecule has 24 heteroatoms. The third-order valence-corrected chi connectivity index (χ3v) is 9.74. The minimum absolute atomic E-state index is 0. The Kier molecular flexibility index (Phi) is 136. The maximum atomic E-state index is 11.8. The fraction of sp³-hybridized carbons (Fsp3) is 0.552. The van der Waals surface area contributed by atoms with Crippen LogP contribution in [-0.2, 0) is 46.7 Å². The van der Waals surface area contributed by atoms with E-state index in [1.54, 1.807) is 19.6 Å². The molecular weight excluding hydrogens is 1180 g/mol. The van der Waals surface area contributed by atoms with E-state index in [1.165, 1.54) is 85.5 Å². The third-order valence-electron chi connectivity index (χ3n) is 8.79. The maximum Gasteiger partial charge on any atom is 1.00 e. The second-order valence-electron chi connectivity index (χ2n) is 17.7. The van der Waals surface area contributed by atoms with Crippen molar-refractivity contribution >= 4 is 30.7 Å². The Labute approximate surface area is 598 Å². The van der Waals surface area contributed by atoms with E-state index in [1.807, 2.05) is 44.2 Å². The summed E-state index contributed by atoms with van der Waals surface area (Å²) in [5.74, 6) is 0. The van der Waals surface area contributed by atoms with Gasteiger partial charge in [0, 0.05) is 121 Å². The van der Waals surface area contributed by atoms with E-state index in [9.17, 15) is 4.11 Å². The molecule has 0 aliphatic carbocycles. The van der Waals surface area contributed by atoms with Crippen molar-refractivity contribution in [2.75, 3.05) is 28.4 Å². The van der Waals surface area contributed by atoms with Crippen molar-refractivity contribution in [2.24, 2.45) is 4.66 Å². The monoisotopic (exact) mass is 1300 g/mol. The number of hydrogen-bond donors (Lipinski definition) is 2. The Balaban J connectivity index is -0.0000000473. The van der Waals surface area contributed by atoms with E-state index in [0.29, 0.717) is 0 Å². The molecule has 0 amide bonds. The van der Waals surface area contributed by atoms with Gasteiger partial charge in [-0.05, 0) is 26.4 Å². The van der Waals surface area contributed by atoms with Crippen molar-refractivity contribution in [3.63, 3.8) is 0 Å². The van der Waals surface area contributed by atoms with Crippen molar-refractivity contribution in [1.82, 2.24) is 6.15 Å². The van der Waals surface area contributed by atoms with Gasteiger partial charge in [0.15, 0.2) is 70.2 Å². The van der Waals surface area contributed by atoms with Crippen molar-refractivity contribution < 1.29 is 199 Å². The standard InChI is InChI=1S/5C9H14N.C4H11NSi.C3H9BO3.C3H9FSi.C2H6.CH4O.2ClH.3FH.2K.H3N.2H2O/c5*1-2-3-7-10-8-5-4-6-9-10;1-5-6(2,3)4;1-5-4(6-2)7-3;1-5(2,3)4;2*1-2;;;;;;;;;;/h5*4-6,8-9H,2-3,7H2,1H3;1H2,2-4H3;1-3H3;1-3H3;1-2H3;2H,1H3;5*1H;;;1H3;2*1H2/q5*+1;;;;;;;;;;;2*+1;;;/p-3. The van der Waals surface area contributed by atoms with Crippen LogP contribution in [0, 0.1) is 0 Å². The molecule has 0 atom stereocenters. The topological polar surface area (TPSA) is 178 Å². The Morgan fingerprint density at radius 2 is 0.549 bits per heavy atom. The quantitative estimate of drug-likeness (QED) is 0.0287. The first-order valence-electron chi connectivity index (χ1n) is 26.5. The predicted molar refractivity (Wildman–Crippen MR) is 329 cm³/mol.